The van der Waals surface area contributed by atoms with Crippen LogP contribution in [0.1, 0.15) is 22.3 Å². The highest BCUT2D eigenvalue weighted by Gasteiger charge is 2.07. The molecule has 0 saturated heterocycles. The molecule has 0 aliphatic heterocycles. The fraction of sp³-hybridized carbons (Fsp3) is 0.111. The number of Topliss-reactive ketones (excluding diaryl/α,β-unsaturated/α-hetero) is 1. The average Bonchev–Trinajstić information content (AvgIpc) is 2.53. The smallest absolute Gasteiger partial charge is 0.163 e. The first-order valence-electron chi connectivity index (χ1n) is 6.75. The minimum Gasteiger partial charge on any atom is -0.294 e. The molecular formula is C18H15NO. The molecule has 0 amide bonds. The lowest BCUT2D eigenvalue weighted by Gasteiger charge is -2.05. The lowest BCUT2D eigenvalue weighted by atomic mass is 10.0. The highest BCUT2D eigenvalue weighted by atomic mass is 16.1. The normalized spacial score (nSPS) is 10.6. The monoisotopic (exact) mass is 261 g/mol. The molecule has 3 rings (SSSR count). The molecule has 2 aromatic carbocycles. The third-order valence-corrected chi connectivity index (χ3v) is 3.43. The van der Waals surface area contributed by atoms with Gasteiger partial charge in [0.1, 0.15) is 0 Å². The number of aromatic nitrogens is 1. The van der Waals surface area contributed by atoms with Crippen LogP contribution in [0.25, 0.3) is 10.9 Å². The predicted molar refractivity (Wildman–Crippen MR) is 80.8 cm³/mol. The topological polar surface area (TPSA) is 30.0 Å². The number of hydrogen-bond acceptors (Lipinski definition) is 2. The summed E-state index contributed by atoms with van der Waals surface area (Å²) in [6.07, 6.45) is 3.03. The Hall–Kier alpha value is -2.48. The van der Waals surface area contributed by atoms with Crippen LogP contribution in [0, 0.1) is 0 Å². The van der Waals surface area contributed by atoms with E-state index in [1.807, 2.05) is 60.7 Å². The first-order valence-corrected chi connectivity index (χ1v) is 6.75. The van der Waals surface area contributed by atoms with Crippen LogP contribution in [0.15, 0.2) is 66.9 Å². The average molecular weight is 261 g/mol. The summed E-state index contributed by atoms with van der Waals surface area (Å²) in [5.41, 5.74) is 2.91. The van der Waals surface area contributed by atoms with E-state index >= 15 is 0 Å². The summed E-state index contributed by atoms with van der Waals surface area (Å²) in [7, 11) is 0. The Labute approximate surface area is 118 Å². The summed E-state index contributed by atoms with van der Waals surface area (Å²) in [4.78, 5) is 16.6. The molecule has 0 atom stereocenters. The third-order valence-electron chi connectivity index (χ3n) is 3.43. The zero-order valence-electron chi connectivity index (χ0n) is 11.1. The maximum atomic E-state index is 12.1. The van der Waals surface area contributed by atoms with Gasteiger partial charge in [-0.05, 0) is 18.1 Å². The van der Waals surface area contributed by atoms with Gasteiger partial charge in [-0.2, -0.15) is 0 Å². The second kappa shape index (κ2) is 5.66. The lowest BCUT2D eigenvalue weighted by molar-refractivity contribution is 0.0983. The van der Waals surface area contributed by atoms with Crippen molar-refractivity contribution in [2.45, 2.75) is 12.8 Å². The Morgan fingerprint density at radius 1 is 0.900 bits per heavy atom. The molecule has 0 unspecified atom stereocenters. The van der Waals surface area contributed by atoms with E-state index in [1.165, 1.54) is 0 Å². The predicted octanol–water partition coefficient (Wildman–Crippen LogP) is 4.05. The largest absolute Gasteiger partial charge is 0.294 e. The van der Waals surface area contributed by atoms with Gasteiger partial charge in [0.15, 0.2) is 5.78 Å². The van der Waals surface area contributed by atoms with E-state index in [4.69, 9.17) is 0 Å². The number of hydrogen-bond donors (Lipinski definition) is 0. The number of carbonyl (C=O) groups excluding carboxylic acids is 1. The van der Waals surface area contributed by atoms with Crippen LogP contribution < -0.4 is 0 Å². The molecule has 0 aliphatic rings. The van der Waals surface area contributed by atoms with Crippen molar-refractivity contribution in [3.05, 3.63) is 78.0 Å². The van der Waals surface area contributed by atoms with Gasteiger partial charge in [-0.1, -0.05) is 54.6 Å². The SMILES string of the molecule is O=C(CCc1cccc2cccnc12)c1ccccc1. The molecular weight excluding hydrogens is 246 g/mol. The van der Waals surface area contributed by atoms with Gasteiger partial charge in [-0.3, -0.25) is 9.78 Å². The van der Waals surface area contributed by atoms with Crippen LogP contribution in [0.2, 0.25) is 0 Å². The minimum atomic E-state index is 0.179. The van der Waals surface area contributed by atoms with E-state index in [-0.39, 0.29) is 5.78 Å². The van der Waals surface area contributed by atoms with Crippen LogP contribution in [-0.2, 0) is 6.42 Å². The Morgan fingerprint density at radius 2 is 1.70 bits per heavy atom. The first-order chi connectivity index (χ1) is 9.84. The van der Waals surface area contributed by atoms with E-state index in [2.05, 4.69) is 4.98 Å². The van der Waals surface area contributed by atoms with E-state index in [0.29, 0.717) is 6.42 Å². The molecule has 0 spiro atoms. The van der Waals surface area contributed by atoms with Crippen LogP contribution in [0.3, 0.4) is 0 Å². The van der Waals surface area contributed by atoms with Crippen LogP contribution >= 0.6 is 0 Å². The summed E-state index contributed by atoms with van der Waals surface area (Å²) in [6, 6.07) is 19.5. The van der Waals surface area contributed by atoms with E-state index < -0.39 is 0 Å². The Bertz CT molecular complexity index is 729. The van der Waals surface area contributed by atoms with Gasteiger partial charge in [-0.15, -0.1) is 0 Å². The van der Waals surface area contributed by atoms with Gasteiger partial charge in [0.2, 0.25) is 0 Å². The van der Waals surface area contributed by atoms with Gasteiger partial charge in [0, 0.05) is 23.6 Å². The zero-order chi connectivity index (χ0) is 13.8. The van der Waals surface area contributed by atoms with Crippen molar-refractivity contribution in [2.75, 3.05) is 0 Å². The Morgan fingerprint density at radius 3 is 2.55 bits per heavy atom. The maximum absolute atomic E-state index is 12.1. The number of rotatable bonds is 4. The minimum absolute atomic E-state index is 0.179. The van der Waals surface area contributed by atoms with Crippen LogP contribution in [0.4, 0.5) is 0 Å². The number of aryl methyl sites for hydroxylation is 1. The molecule has 1 aromatic heterocycles. The second-order valence-corrected chi connectivity index (χ2v) is 4.78. The van der Waals surface area contributed by atoms with Gasteiger partial charge in [0.05, 0.1) is 5.52 Å². The molecule has 0 N–H and O–H groups in total. The summed E-state index contributed by atoms with van der Waals surface area (Å²) >= 11 is 0. The summed E-state index contributed by atoms with van der Waals surface area (Å²) in [5, 5.41) is 1.12. The van der Waals surface area contributed by atoms with Crippen molar-refractivity contribution in [3.8, 4) is 0 Å². The van der Waals surface area contributed by atoms with Gasteiger partial charge >= 0.3 is 0 Å². The van der Waals surface area contributed by atoms with E-state index in [0.717, 1.165) is 28.5 Å². The third kappa shape index (κ3) is 2.59. The number of carbonyl (C=O) groups is 1. The zero-order valence-corrected chi connectivity index (χ0v) is 11.1. The van der Waals surface area contributed by atoms with Gasteiger partial charge in [0.25, 0.3) is 0 Å². The fourth-order valence-corrected chi connectivity index (χ4v) is 2.39. The summed E-state index contributed by atoms with van der Waals surface area (Å²) < 4.78 is 0. The highest BCUT2D eigenvalue weighted by molar-refractivity contribution is 5.96. The Kier molecular flexibility index (Phi) is 3.55. The molecule has 3 aromatic rings. The summed E-state index contributed by atoms with van der Waals surface area (Å²) in [5.74, 6) is 0.179. The number of fused-ring (bicyclic) bond motifs is 1. The highest BCUT2D eigenvalue weighted by Crippen LogP contribution is 2.18. The molecule has 0 aliphatic carbocycles. The van der Waals surface area contributed by atoms with Crippen LogP contribution in [-0.4, -0.2) is 10.8 Å². The second-order valence-electron chi connectivity index (χ2n) is 4.78. The van der Waals surface area contributed by atoms with Crippen LogP contribution in [0.5, 0.6) is 0 Å². The van der Waals surface area contributed by atoms with E-state index in [1.54, 1.807) is 6.20 Å². The number of pyridine rings is 1. The number of para-hydroxylation sites is 1. The molecule has 0 radical (unpaired) electrons. The molecule has 2 heteroatoms. The van der Waals surface area contributed by atoms with Crippen molar-refractivity contribution < 1.29 is 4.79 Å². The lowest BCUT2D eigenvalue weighted by Crippen LogP contribution is -2.01. The number of benzene rings is 2. The standard InChI is InChI=1S/C18H15NO/c20-17(14-6-2-1-3-7-14)12-11-16-9-4-8-15-10-5-13-19-18(15)16/h1-10,13H,11-12H2. The molecule has 20 heavy (non-hydrogen) atoms. The van der Waals surface area contributed by atoms with Crippen molar-refractivity contribution >= 4 is 16.7 Å². The van der Waals surface area contributed by atoms with Gasteiger partial charge < -0.3 is 0 Å². The molecule has 0 fully saturated rings. The molecule has 0 saturated carbocycles. The van der Waals surface area contributed by atoms with Crippen molar-refractivity contribution in [1.29, 1.82) is 0 Å². The number of ketones is 1. The Balaban J connectivity index is 1.79. The van der Waals surface area contributed by atoms with Crippen molar-refractivity contribution in [3.63, 3.8) is 0 Å². The van der Waals surface area contributed by atoms with Gasteiger partial charge in [-0.25, -0.2) is 0 Å². The van der Waals surface area contributed by atoms with Crippen molar-refractivity contribution in [2.24, 2.45) is 0 Å². The molecule has 2 nitrogen and oxygen atoms in total. The van der Waals surface area contributed by atoms with E-state index in [9.17, 15) is 4.79 Å². The first kappa shape index (κ1) is 12.5. The maximum Gasteiger partial charge on any atom is 0.163 e. The molecule has 0 bridgehead atoms. The number of nitrogens with zero attached hydrogens (tertiary/aromatic N) is 1. The molecule has 1 heterocycles. The quantitative estimate of drug-likeness (QED) is 0.663. The van der Waals surface area contributed by atoms with Crippen molar-refractivity contribution in [1.82, 2.24) is 4.98 Å². The fourth-order valence-electron chi connectivity index (χ4n) is 2.39. The molecule has 98 valence electrons. The summed E-state index contributed by atoms with van der Waals surface area (Å²) in [6.45, 7) is 0.